The van der Waals surface area contributed by atoms with E-state index in [1.54, 1.807) is 17.5 Å². The molecule has 2 aliphatic rings. The lowest BCUT2D eigenvalue weighted by atomic mass is 10.2. The van der Waals surface area contributed by atoms with Crippen LogP contribution in [0.25, 0.3) is 0 Å². The number of sulfonamides is 1. The van der Waals surface area contributed by atoms with E-state index in [1.165, 1.54) is 6.26 Å². The molecule has 0 aliphatic carbocycles. The molecule has 0 saturated carbocycles. The van der Waals surface area contributed by atoms with E-state index in [-0.39, 0.29) is 36.1 Å². The van der Waals surface area contributed by atoms with E-state index in [1.807, 2.05) is 12.1 Å². The van der Waals surface area contributed by atoms with Gasteiger partial charge in [-0.15, -0.1) is 24.0 Å². The zero-order valence-electron chi connectivity index (χ0n) is 16.1. The lowest BCUT2D eigenvalue weighted by Crippen LogP contribution is -2.49. The topological polar surface area (TPSA) is 89.9 Å². The lowest BCUT2D eigenvalue weighted by Gasteiger charge is -2.24. The minimum absolute atomic E-state index is 0. The summed E-state index contributed by atoms with van der Waals surface area (Å²) < 4.78 is 25.3. The number of hydrogen-bond donors (Lipinski definition) is 2. The molecule has 1 unspecified atom stereocenters. The molecule has 1 aromatic rings. The Morgan fingerprint density at radius 1 is 1.39 bits per heavy atom. The molecule has 11 heteroatoms. The van der Waals surface area contributed by atoms with Gasteiger partial charge < -0.3 is 15.5 Å². The van der Waals surface area contributed by atoms with E-state index in [2.05, 4.69) is 25.5 Å². The van der Waals surface area contributed by atoms with Gasteiger partial charge in [-0.2, -0.15) is 4.31 Å². The quantitative estimate of drug-likeness (QED) is 0.333. The molecule has 2 fully saturated rings. The predicted molar refractivity (Wildman–Crippen MR) is 124 cm³/mol. The van der Waals surface area contributed by atoms with E-state index in [0.29, 0.717) is 24.1 Å². The molecule has 28 heavy (non-hydrogen) atoms. The average molecular weight is 543 g/mol. The molecule has 0 spiro atoms. The maximum atomic E-state index is 11.9. The van der Waals surface area contributed by atoms with Gasteiger partial charge in [0, 0.05) is 51.5 Å². The maximum Gasteiger partial charge on any atom is 0.211 e. The van der Waals surface area contributed by atoms with Crippen molar-refractivity contribution in [3.63, 3.8) is 0 Å². The summed E-state index contributed by atoms with van der Waals surface area (Å²) in [6.45, 7) is 2.81. The van der Waals surface area contributed by atoms with Crippen LogP contribution in [-0.2, 0) is 10.0 Å². The van der Waals surface area contributed by atoms with Gasteiger partial charge in [0.05, 0.1) is 11.3 Å². The second-order valence-electron chi connectivity index (χ2n) is 7.01. The van der Waals surface area contributed by atoms with Crippen molar-refractivity contribution >= 4 is 57.4 Å². The molecule has 2 N–H and O–H groups in total. The van der Waals surface area contributed by atoms with E-state index < -0.39 is 10.0 Å². The number of pyridine rings is 1. The number of halogens is 2. The van der Waals surface area contributed by atoms with Gasteiger partial charge in [-0.25, -0.2) is 13.4 Å². The van der Waals surface area contributed by atoms with Crippen molar-refractivity contribution in [1.29, 1.82) is 0 Å². The third-order valence-corrected chi connectivity index (χ3v) is 6.67. The van der Waals surface area contributed by atoms with Crippen molar-refractivity contribution < 1.29 is 8.42 Å². The van der Waals surface area contributed by atoms with Crippen LogP contribution in [0.1, 0.15) is 19.3 Å². The Balaban J connectivity index is 0.00000280. The van der Waals surface area contributed by atoms with Gasteiger partial charge >= 0.3 is 0 Å². The second-order valence-corrected chi connectivity index (χ2v) is 9.35. The Kier molecular flexibility index (Phi) is 8.59. The summed E-state index contributed by atoms with van der Waals surface area (Å²) >= 11 is 6.24. The molecule has 3 heterocycles. The summed E-state index contributed by atoms with van der Waals surface area (Å²) in [5, 5.41) is 7.35. The number of aliphatic imine (C=N–C) groups is 1. The molecule has 3 rings (SSSR count). The van der Waals surface area contributed by atoms with Crippen LogP contribution in [0.5, 0.6) is 0 Å². The first-order chi connectivity index (χ1) is 12.9. The molecule has 0 radical (unpaired) electrons. The standard InChI is InChI=1S/C17H27ClN6O2S.HI/c1-19-17(21-11-14-5-4-9-24(14)27(2,25)26)22-13-7-10-23(12-13)16-15(18)6-3-8-20-16;/h3,6,8,13-14H,4-5,7,9-12H2,1-2H3,(H2,19,21,22);1H/t13?,14-;/m1./s1. The highest BCUT2D eigenvalue weighted by atomic mass is 127. The predicted octanol–water partition coefficient (Wildman–Crippen LogP) is 1.52. The molecular formula is C17H28ClIN6O2S. The van der Waals surface area contributed by atoms with Gasteiger partial charge in [0.15, 0.2) is 5.96 Å². The number of hydrogen-bond acceptors (Lipinski definition) is 5. The summed E-state index contributed by atoms with van der Waals surface area (Å²) in [6, 6.07) is 3.88. The second kappa shape index (κ2) is 10.3. The van der Waals surface area contributed by atoms with Crippen molar-refractivity contribution in [3.05, 3.63) is 23.4 Å². The van der Waals surface area contributed by atoms with Crippen molar-refractivity contribution in [3.8, 4) is 0 Å². The molecule has 0 amide bonds. The Labute approximate surface area is 189 Å². The summed E-state index contributed by atoms with van der Waals surface area (Å²) in [5.74, 6) is 1.50. The van der Waals surface area contributed by atoms with E-state index in [9.17, 15) is 8.42 Å². The molecule has 1 aromatic heterocycles. The number of nitrogens with one attached hydrogen (secondary N) is 2. The highest BCUT2D eigenvalue weighted by Gasteiger charge is 2.31. The largest absolute Gasteiger partial charge is 0.355 e. The minimum Gasteiger partial charge on any atom is -0.355 e. The van der Waals surface area contributed by atoms with Crippen LogP contribution in [0.4, 0.5) is 5.82 Å². The summed E-state index contributed by atoms with van der Waals surface area (Å²) in [5.41, 5.74) is 0. The van der Waals surface area contributed by atoms with Crippen molar-refractivity contribution in [2.75, 3.05) is 44.4 Å². The zero-order valence-corrected chi connectivity index (χ0v) is 20.0. The van der Waals surface area contributed by atoms with E-state index in [0.717, 1.165) is 38.2 Å². The lowest BCUT2D eigenvalue weighted by molar-refractivity contribution is 0.387. The average Bonchev–Trinajstić information content (AvgIpc) is 3.28. The Morgan fingerprint density at radius 3 is 2.86 bits per heavy atom. The Bertz CT molecular complexity index is 794. The fraction of sp³-hybridized carbons (Fsp3) is 0.647. The molecule has 8 nitrogen and oxygen atoms in total. The highest BCUT2D eigenvalue weighted by Crippen LogP contribution is 2.25. The van der Waals surface area contributed by atoms with Gasteiger partial charge in [-0.05, 0) is 31.4 Å². The molecule has 158 valence electrons. The van der Waals surface area contributed by atoms with Gasteiger partial charge in [-0.3, -0.25) is 4.99 Å². The van der Waals surface area contributed by atoms with E-state index >= 15 is 0 Å². The summed E-state index contributed by atoms with van der Waals surface area (Å²) in [4.78, 5) is 10.8. The van der Waals surface area contributed by atoms with Crippen molar-refractivity contribution in [2.45, 2.75) is 31.3 Å². The fourth-order valence-corrected chi connectivity index (χ4v) is 5.16. The zero-order chi connectivity index (χ0) is 19.4. The number of aromatic nitrogens is 1. The third kappa shape index (κ3) is 5.83. The first-order valence-corrected chi connectivity index (χ1v) is 11.4. The number of rotatable bonds is 5. The minimum atomic E-state index is -3.16. The van der Waals surface area contributed by atoms with Crippen LogP contribution in [-0.4, -0.2) is 75.2 Å². The fourth-order valence-electron chi connectivity index (χ4n) is 3.73. The third-order valence-electron chi connectivity index (χ3n) is 5.05. The normalized spacial score (nSPS) is 23.5. The van der Waals surface area contributed by atoms with Gasteiger partial charge in [0.1, 0.15) is 5.82 Å². The molecule has 0 aromatic carbocycles. The van der Waals surface area contributed by atoms with Crippen LogP contribution in [0.2, 0.25) is 5.02 Å². The van der Waals surface area contributed by atoms with Crippen LogP contribution in [0.3, 0.4) is 0 Å². The molecule has 2 aliphatic heterocycles. The number of anilines is 1. The summed E-state index contributed by atoms with van der Waals surface area (Å²) in [7, 11) is -1.44. The SMILES string of the molecule is CN=C(NC[C@H]1CCCN1S(C)(=O)=O)NC1CCN(c2ncccc2Cl)C1.I. The molecule has 2 saturated heterocycles. The number of guanidine groups is 1. The van der Waals surface area contributed by atoms with Crippen LogP contribution in [0.15, 0.2) is 23.3 Å². The first kappa shape index (κ1) is 23.4. The smallest absolute Gasteiger partial charge is 0.211 e. The van der Waals surface area contributed by atoms with Crippen LogP contribution < -0.4 is 15.5 Å². The van der Waals surface area contributed by atoms with Gasteiger partial charge in [-0.1, -0.05) is 11.6 Å². The number of nitrogens with zero attached hydrogens (tertiary/aromatic N) is 4. The van der Waals surface area contributed by atoms with Crippen molar-refractivity contribution in [2.24, 2.45) is 4.99 Å². The first-order valence-electron chi connectivity index (χ1n) is 9.18. The Hall–Kier alpha value is -0.850. The van der Waals surface area contributed by atoms with E-state index in [4.69, 9.17) is 11.6 Å². The van der Waals surface area contributed by atoms with Gasteiger partial charge in [0.25, 0.3) is 0 Å². The molecule has 0 bridgehead atoms. The highest BCUT2D eigenvalue weighted by molar-refractivity contribution is 14.0. The van der Waals surface area contributed by atoms with Crippen LogP contribution >= 0.6 is 35.6 Å². The summed E-state index contributed by atoms with van der Waals surface area (Å²) in [6.07, 6.45) is 5.73. The molecule has 2 atom stereocenters. The van der Waals surface area contributed by atoms with Gasteiger partial charge in [0.2, 0.25) is 10.0 Å². The monoisotopic (exact) mass is 542 g/mol. The Morgan fingerprint density at radius 2 is 2.18 bits per heavy atom. The molecular weight excluding hydrogens is 515 g/mol. The maximum absolute atomic E-state index is 11.9. The van der Waals surface area contributed by atoms with Crippen molar-refractivity contribution in [1.82, 2.24) is 19.9 Å². The van der Waals surface area contributed by atoms with Crippen LogP contribution in [0, 0.1) is 0 Å².